The summed E-state index contributed by atoms with van der Waals surface area (Å²) in [5.74, 6) is -1.17. The number of carbonyl (C=O) groups excluding carboxylic acids is 1. The lowest BCUT2D eigenvalue weighted by Crippen LogP contribution is -2.48. The summed E-state index contributed by atoms with van der Waals surface area (Å²) in [5, 5.41) is 27.6. The first kappa shape index (κ1) is 21.6. The van der Waals surface area contributed by atoms with Gasteiger partial charge in [0.25, 0.3) is 11.6 Å². The third-order valence-electron chi connectivity index (χ3n) is 4.29. The molecule has 3 aromatic rings. The molecule has 9 nitrogen and oxygen atoms in total. The fourth-order valence-corrected chi connectivity index (χ4v) is 2.85. The van der Waals surface area contributed by atoms with E-state index in [2.05, 4.69) is 15.2 Å². The fourth-order valence-electron chi connectivity index (χ4n) is 2.85. The number of hydrogen-bond acceptors (Lipinski definition) is 6. The Morgan fingerprint density at radius 2 is 1.97 bits per heavy atom. The molecule has 0 aliphatic carbocycles. The molecule has 1 unspecified atom stereocenters. The molecule has 0 bridgehead atoms. The predicted molar refractivity (Wildman–Crippen MR) is 101 cm³/mol. The maximum atomic E-state index is 12.5. The van der Waals surface area contributed by atoms with Crippen molar-refractivity contribution >= 4 is 22.5 Å². The van der Waals surface area contributed by atoms with E-state index in [4.69, 9.17) is 0 Å². The monoisotopic (exact) mass is 433 g/mol. The second kappa shape index (κ2) is 7.94. The van der Waals surface area contributed by atoms with E-state index in [1.165, 1.54) is 36.0 Å². The Morgan fingerprint density at radius 1 is 1.29 bits per heavy atom. The quantitative estimate of drug-likeness (QED) is 0.468. The van der Waals surface area contributed by atoms with E-state index in [0.717, 1.165) is 24.3 Å². The number of aromatic nitrogens is 2. The average molecular weight is 433 g/mol. The summed E-state index contributed by atoms with van der Waals surface area (Å²) >= 11 is 0. The number of nitro groups is 1. The molecule has 1 atom stereocenters. The van der Waals surface area contributed by atoms with Crippen LogP contribution in [0.5, 0.6) is 5.75 Å². The van der Waals surface area contributed by atoms with Crippen LogP contribution < -0.4 is 10.1 Å². The Bertz CT molecular complexity index is 1180. The summed E-state index contributed by atoms with van der Waals surface area (Å²) in [7, 11) is 0. The molecule has 31 heavy (non-hydrogen) atoms. The number of non-ortho nitro benzene ring substituents is 1. The van der Waals surface area contributed by atoms with E-state index in [9.17, 15) is 33.3 Å². The second-order valence-electron chi connectivity index (χ2n) is 6.77. The highest BCUT2D eigenvalue weighted by Gasteiger charge is 2.31. The molecule has 0 aliphatic rings. The minimum atomic E-state index is -4.85. The third-order valence-corrected chi connectivity index (χ3v) is 4.29. The Morgan fingerprint density at radius 3 is 2.55 bits per heavy atom. The minimum Gasteiger partial charge on any atom is -0.406 e. The van der Waals surface area contributed by atoms with Gasteiger partial charge in [0.1, 0.15) is 11.3 Å². The van der Waals surface area contributed by atoms with Crippen molar-refractivity contribution in [2.75, 3.05) is 0 Å². The molecule has 0 aliphatic heterocycles. The molecule has 12 heteroatoms. The van der Waals surface area contributed by atoms with Gasteiger partial charge in [0.2, 0.25) is 0 Å². The Balaban J connectivity index is 1.76. The highest BCUT2D eigenvalue weighted by atomic mass is 19.4. The number of rotatable bonds is 6. The number of fused-ring (bicyclic) bond motifs is 1. The molecule has 1 aromatic heterocycles. The van der Waals surface area contributed by atoms with E-state index in [0.29, 0.717) is 10.9 Å². The molecule has 0 fully saturated rings. The SMILES string of the molecule is CC(C#N)(Cn1ncc2cc([N+](=O)[O-])ccc21)NC(=O)c1ccc(OC(F)(F)F)cc1. The number of nitriles is 1. The van der Waals surface area contributed by atoms with Crippen molar-refractivity contribution in [1.82, 2.24) is 15.1 Å². The Hall–Kier alpha value is -4.14. The number of nitrogens with one attached hydrogen (secondary N) is 1. The molecule has 3 rings (SSSR count). The highest BCUT2D eigenvalue weighted by molar-refractivity contribution is 5.95. The minimum absolute atomic E-state index is 0.0250. The van der Waals surface area contributed by atoms with Crippen molar-refractivity contribution in [3.05, 3.63) is 64.3 Å². The van der Waals surface area contributed by atoms with E-state index in [1.807, 2.05) is 6.07 Å². The number of hydrogen-bond donors (Lipinski definition) is 1. The second-order valence-corrected chi connectivity index (χ2v) is 6.77. The van der Waals surface area contributed by atoms with Gasteiger partial charge in [-0.1, -0.05) is 0 Å². The average Bonchev–Trinajstić information content (AvgIpc) is 3.09. The number of nitro benzene ring substituents is 1. The van der Waals surface area contributed by atoms with Crippen LogP contribution in [0.3, 0.4) is 0 Å². The fraction of sp³-hybridized carbons (Fsp3) is 0.211. The molecular formula is C19H14F3N5O4. The number of amides is 1. The van der Waals surface area contributed by atoms with Gasteiger partial charge in [0.15, 0.2) is 0 Å². The number of ether oxygens (including phenoxy) is 1. The lowest BCUT2D eigenvalue weighted by molar-refractivity contribution is -0.384. The van der Waals surface area contributed by atoms with Gasteiger partial charge in [0.05, 0.1) is 29.3 Å². The van der Waals surface area contributed by atoms with Gasteiger partial charge >= 0.3 is 6.36 Å². The maximum absolute atomic E-state index is 12.5. The van der Waals surface area contributed by atoms with Crippen molar-refractivity contribution in [1.29, 1.82) is 5.26 Å². The zero-order valence-electron chi connectivity index (χ0n) is 15.9. The van der Waals surface area contributed by atoms with Crippen molar-refractivity contribution in [3.8, 4) is 11.8 Å². The molecule has 0 spiro atoms. The Kier molecular flexibility index (Phi) is 5.52. The van der Waals surface area contributed by atoms with Gasteiger partial charge in [-0.2, -0.15) is 10.4 Å². The van der Waals surface area contributed by atoms with Crippen LogP contribution in [0, 0.1) is 21.4 Å². The predicted octanol–water partition coefficient (Wildman–Crippen LogP) is 3.56. The molecule has 1 N–H and O–H groups in total. The van der Waals surface area contributed by atoms with Crippen LogP contribution in [0.4, 0.5) is 18.9 Å². The lowest BCUT2D eigenvalue weighted by atomic mass is 10.0. The summed E-state index contributed by atoms with van der Waals surface area (Å²) in [4.78, 5) is 22.9. The molecule has 1 amide bonds. The first-order chi connectivity index (χ1) is 14.5. The van der Waals surface area contributed by atoms with Gasteiger partial charge in [-0.25, -0.2) is 0 Å². The zero-order valence-corrected chi connectivity index (χ0v) is 15.9. The summed E-state index contributed by atoms with van der Waals surface area (Å²) in [6.07, 6.45) is -3.45. The Labute approximate surface area is 172 Å². The smallest absolute Gasteiger partial charge is 0.406 e. The van der Waals surface area contributed by atoms with Crippen molar-refractivity contribution < 1.29 is 27.6 Å². The molecular weight excluding hydrogens is 419 g/mol. The maximum Gasteiger partial charge on any atom is 0.573 e. The van der Waals surface area contributed by atoms with Gasteiger partial charge < -0.3 is 10.1 Å². The number of nitrogens with zero attached hydrogens (tertiary/aromatic N) is 4. The van der Waals surface area contributed by atoms with Crippen LogP contribution in [-0.2, 0) is 6.54 Å². The lowest BCUT2D eigenvalue weighted by Gasteiger charge is -2.23. The molecule has 0 saturated heterocycles. The summed E-state index contributed by atoms with van der Waals surface area (Å²) in [6, 6.07) is 10.3. The van der Waals surface area contributed by atoms with Gasteiger partial charge in [-0.15, -0.1) is 13.2 Å². The van der Waals surface area contributed by atoms with E-state index in [1.54, 1.807) is 0 Å². The zero-order chi connectivity index (χ0) is 22.8. The van der Waals surface area contributed by atoms with Gasteiger partial charge in [-0.3, -0.25) is 19.6 Å². The van der Waals surface area contributed by atoms with E-state index < -0.39 is 28.5 Å². The van der Waals surface area contributed by atoms with Crippen LogP contribution in [0.2, 0.25) is 0 Å². The first-order valence-corrected chi connectivity index (χ1v) is 8.69. The van der Waals surface area contributed by atoms with Crippen LogP contribution >= 0.6 is 0 Å². The first-order valence-electron chi connectivity index (χ1n) is 8.69. The van der Waals surface area contributed by atoms with Crippen molar-refractivity contribution in [2.24, 2.45) is 0 Å². The summed E-state index contributed by atoms with van der Waals surface area (Å²) in [6.45, 7) is 1.37. The standard InChI is InChI=1S/C19H14F3N5O4/c1-18(10-23,11-26-16-7-4-14(27(29)30)8-13(16)9-24-26)25-17(28)12-2-5-15(6-3-12)31-19(20,21)22/h2-9H,11H2,1H3,(H,25,28). The number of halogens is 3. The van der Waals surface area contributed by atoms with Crippen LogP contribution in [0.25, 0.3) is 10.9 Å². The van der Waals surface area contributed by atoms with Crippen LogP contribution in [0.15, 0.2) is 48.7 Å². The van der Waals surface area contributed by atoms with E-state index >= 15 is 0 Å². The molecule has 2 aromatic carbocycles. The number of benzene rings is 2. The van der Waals surface area contributed by atoms with Crippen LogP contribution in [0.1, 0.15) is 17.3 Å². The molecule has 0 saturated carbocycles. The largest absolute Gasteiger partial charge is 0.573 e. The van der Waals surface area contributed by atoms with Gasteiger partial charge in [0, 0.05) is 23.1 Å². The van der Waals surface area contributed by atoms with Crippen molar-refractivity contribution in [3.63, 3.8) is 0 Å². The third kappa shape index (κ3) is 5.08. The molecule has 1 heterocycles. The molecule has 0 radical (unpaired) electrons. The topological polar surface area (TPSA) is 123 Å². The number of alkyl halides is 3. The highest BCUT2D eigenvalue weighted by Crippen LogP contribution is 2.24. The van der Waals surface area contributed by atoms with Gasteiger partial charge in [-0.05, 0) is 37.3 Å². The van der Waals surface area contributed by atoms with E-state index in [-0.39, 0.29) is 17.8 Å². The number of carbonyl (C=O) groups is 1. The van der Waals surface area contributed by atoms with Crippen molar-refractivity contribution in [2.45, 2.75) is 25.4 Å². The summed E-state index contributed by atoms with van der Waals surface area (Å²) < 4.78 is 41.9. The normalized spacial score (nSPS) is 13.3. The molecule has 160 valence electrons. The van der Waals surface area contributed by atoms with Crippen LogP contribution in [-0.4, -0.2) is 32.5 Å². The summed E-state index contributed by atoms with van der Waals surface area (Å²) in [5.41, 5.74) is -0.993.